The Labute approximate surface area is 121 Å². The smallest absolute Gasteiger partial charge is 0.211 e. The van der Waals surface area contributed by atoms with E-state index >= 15 is 0 Å². The van der Waals surface area contributed by atoms with Gasteiger partial charge in [0.05, 0.1) is 0 Å². The average molecular weight is 277 g/mol. The van der Waals surface area contributed by atoms with Crippen molar-refractivity contribution in [2.24, 2.45) is 0 Å². The molecule has 0 fully saturated rings. The number of halogens is 1. The van der Waals surface area contributed by atoms with Crippen LogP contribution in [0.25, 0.3) is 11.1 Å². The Morgan fingerprint density at radius 3 is 2.10 bits per heavy atom. The molecule has 3 rings (SSSR count). The minimum Gasteiger partial charge on any atom is -0.287 e. The maximum atomic E-state index is 12.9. The Hall–Kier alpha value is -2.81. The number of nitrogens with zero attached hydrogens (tertiary/aromatic N) is 1. The molecular formula is C18H12FNO. The van der Waals surface area contributed by atoms with Gasteiger partial charge in [0.15, 0.2) is 0 Å². The molecule has 0 aliphatic rings. The molecule has 0 amide bonds. The highest BCUT2D eigenvalue weighted by molar-refractivity contribution is 6.07. The van der Waals surface area contributed by atoms with Crippen molar-refractivity contribution in [3.8, 4) is 11.1 Å². The van der Waals surface area contributed by atoms with Crippen LogP contribution in [-0.2, 0) is 0 Å². The summed E-state index contributed by atoms with van der Waals surface area (Å²) in [6.45, 7) is 0. The molecule has 102 valence electrons. The number of benzene rings is 2. The molecule has 1 aromatic heterocycles. The van der Waals surface area contributed by atoms with Crippen molar-refractivity contribution in [1.82, 2.24) is 4.98 Å². The molecule has 0 aliphatic heterocycles. The van der Waals surface area contributed by atoms with Crippen LogP contribution in [0, 0.1) is 5.82 Å². The fourth-order valence-electron chi connectivity index (χ4n) is 2.08. The summed E-state index contributed by atoms with van der Waals surface area (Å²) in [4.78, 5) is 16.4. The van der Waals surface area contributed by atoms with Crippen molar-refractivity contribution in [2.75, 3.05) is 0 Å². The fraction of sp³-hybridized carbons (Fsp3) is 0. The molecule has 0 bridgehead atoms. The molecule has 0 N–H and O–H groups in total. The van der Waals surface area contributed by atoms with Crippen molar-refractivity contribution in [3.05, 3.63) is 90.0 Å². The summed E-state index contributed by atoms with van der Waals surface area (Å²) < 4.78 is 12.9. The third-order valence-corrected chi connectivity index (χ3v) is 3.21. The lowest BCUT2D eigenvalue weighted by molar-refractivity contribution is 0.103. The van der Waals surface area contributed by atoms with Gasteiger partial charge in [0.2, 0.25) is 5.78 Å². The summed E-state index contributed by atoms with van der Waals surface area (Å²) in [7, 11) is 0. The Balaban J connectivity index is 1.87. The predicted molar refractivity (Wildman–Crippen MR) is 79.5 cm³/mol. The molecule has 21 heavy (non-hydrogen) atoms. The van der Waals surface area contributed by atoms with Gasteiger partial charge in [-0.15, -0.1) is 0 Å². The number of hydrogen-bond donors (Lipinski definition) is 0. The second-order valence-electron chi connectivity index (χ2n) is 4.63. The first-order valence-electron chi connectivity index (χ1n) is 6.56. The Bertz CT molecular complexity index is 749. The minimum absolute atomic E-state index is 0.110. The lowest BCUT2D eigenvalue weighted by Gasteiger charge is -2.03. The first kappa shape index (κ1) is 13.2. The molecule has 0 aliphatic carbocycles. The first-order valence-corrected chi connectivity index (χ1v) is 6.56. The van der Waals surface area contributed by atoms with Gasteiger partial charge in [-0.05, 0) is 23.8 Å². The van der Waals surface area contributed by atoms with E-state index in [-0.39, 0.29) is 11.6 Å². The molecule has 1 heterocycles. The van der Waals surface area contributed by atoms with Gasteiger partial charge in [0, 0.05) is 17.3 Å². The largest absolute Gasteiger partial charge is 0.287 e. The highest BCUT2D eigenvalue weighted by Gasteiger charge is 2.10. The highest BCUT2D eigenvalue weighted by atomic mass is 19.1. The summed E-state index contributed by atoms with van der Waals surface area (Å²) in [6.07, 6.45) is 1.63. The van der Waals surface area contributed by atoms with Crippen LogP contribution < -0.4 is 0 Å². The summed E-state index contributed by atoms with van der Waals surface area (Å²) in [5, 5.41) is 0. The Morgan fingerprint density at radius 1 is 0.810 bits per heavy atom. The van der Waals surface area contributed by atoms with E-state index in [1.807, 2.05) is 24.3 Å². The molecule has 0 atom stereocenters. The average Bonchev–Trinajstić information content (AvgIpc) is 2.56. The second-order valence-corrected chi connectivity index (χ2v) is 4.63. The Morgan fingerprint density at radius 2 is 1.48 bits per heavy atom. The molecule has 2 aromatic carbocycles. The van der Waals surface area contributed by atoms with Crippen LogP contribution in [0.1, 0.15) is 16.1 Å². The van der Waals surface area contributed by atoms with Gasteiger partial charge in [-0.25, -0.2) is 4.39 Å². The van der Waals surface area contributed by atoms with Gasteiger partial charge in [0.1, 0.15) is 11.5 Å². The number of pyridine rings is 1. The number of carbonyl (C=O) groups excluding carboxylic acids is 1. The SMILES string of the molecule is O=C(c1ccccc1)c1ccc(-c2ccc(F)cc2)cn1. The van der Waals surface area contributed by atoms with Crippen molar-refractivity contribution in [2.45, 2.75) is 0 Å². The third kappa shape index (κ3) is 2.87. The third-order valence-electron chi connectivity index (χ3n) is 3.21. The van der Waals surface area contributed by atoms with E-state index in [1.54, 1.807) is 36.5 Å². The minimum atomic E-state index is -0.275. The maximum absolute atomic E-state index is 12.9. The molecule has 3 aromatic rings. The van der Waals surface area contributed by atoms with Gasteiger partial charge in [-0.1, -0.05) is 48.5 Å². The quantitative estimate of drug-likeness (QED) is 0.674. The Kier molecular flexibility index (Phi) is 3.56. The van der Waals surface area contributed by atoms with Crippen LogP contribution in [0.5, 0.6) is 0 Å². The fourth-order valence-corrected chi connectivity index (χ4v) is 2.08. The van der Waals surface area contributed by atoms with E-state index in [4.69, 9.17) is 0 Å². The van der Waals surface area contributed by atoms with E-state index in [9.17, 15) is 9.18 Å². The van der Waals surface area contributed by atoms with Crippen molar-refractivity contribution in [3.63, 3.8) is 0 Å². The van der Waals surface area contributed by atoms with Crippen LogP contribution in [-0.4, -0.2) is 10.8 Å². The zero-order valence-corrected chi connectivity index (χ0v) is 11.2. The van der Waals surface area contributed by atoms with Crippen LogP contribution in [0.2, 0.25) is 0 Å². The number of rotatable bonds is 3. The van der Waals surface area contributed by atoms with Crippen molar-refractivity contribution < 1.29 is 9.18 Å². The molecule has 0 saturated carbocycles. The number of ketones is 1. The lowest BCUT2D eigenvalue weighted by Crippen LogP contribution is -2.03. The number of hydrogen-bond acceptors (Lipinski definition) is 2. The monoisotopic (exact) mass is 277 g/mol. The van der Waals surface area contributed by atoms with Crippen LogP contribution in [0.4, 0.5) is 4.39 Å². The number of aromatic nitrogens is 1. The van der Waals surface area contributed by atoms with Gasteiger partial charge in [-0.2, -0.15) is 0 Å². The van der Waals surface area contributed by atoms with E-state index in [0.29, 0.717) is 11.3 Å². The van der Waals surface area contributed by atoms with E-state index in [0.717, 1.165) is 11.1 Å². The highest BCUT2D eigenvalue weighted by Crippen LogP contribution is 2.19. The van der Waals surface area contributed by atoms with Crippen molar-refractivity contribution in [1.29, 1.82) is 0 Å². The van der Waals surface area contributed by atoms with Gasteiger partial charge >= 0.3 is 0 Å². The molecule has 0 spiro atoms. The maximum Gasteiger partial charge on any atom is 0.211 e. The summed E-state index contributed by atoms with van der Waals surface area (Å²) in [5.41, 5.74) is 2.72. The normalized spacial score (nSPS) is 10.3. The van der Waals surface area contributed by atoms with E-state index < -0.39 is 0 Å². The molecule has 0 radical (unpaired) electrons. The molecule has 0 unspecified atom stereocenters. The van der Waals surface area contributed by atoms with Gasteiger partial charge < -0.3 is 0 Å². The summed E-state index contributed by atoms with van der Waals surface area (Å²) in [6, 6.07) is 18.7. The van der Waals surface area contributed by atoms with E-state index in [2.05, 4.69) is 4.98 Å². The lowest BCUT2D eigenvalue weighted by atomic mass is 10.0. The first-order chi connectivity index (χ1) is 10.2. The topological polar surface area (TPSA) is 30.0 Å². The summed E-state index contributed by atoms with van der Waals surface area (Å²) in [5.74, 6) is -0.385. The zero-order chi connectivity index (χ0) is 14.7. The zero-order valence-electron chi connectivity index (χ0n) is 11.2. The van der Waals surface area contributed by atoms with Gasteiger partial charge in [0.25, 0.3) is 0 Å². The molecular weight excluding hydrogens is 265 g/mol. The standard InChI is InChI=1S/C18H12FNO/c19-16-9-6-13(7-10-16)15-8-11-17(20-12-15)18(21)14-4-2-1-3-5-14/h1-12H. The van der Waals surface area contributed by atoms with Crippen molar-refractivity contribution >= 4 is 5.78 Å². The number of carbonyl (C=O) groups is 1. The van der Waals surface area contributed by atoms with Crippen LogP contribution >= 0.6 is 0 Å². The second kappa shape index (κ2) is 5.67. The molecule has 2 nitrogen and oxygen atoms in total. The summed E-state index contributed by atoms with van der Waals surface area (Å²) >= 11 is 0. The van der Waals surface area contributed by atoms with E-state index in [1.165, 1.54) is 12.1 Å². The van der Waals surface area contributed by atoms with Crippen LogP contribution in [0.3, 0.4) is 0 Å². The van der Waals surface area contributed by atoms with Crippen LogP contribution in [0.15, 0.2) is 72.9 Å². The molecule has 3 heteroatoms. The molecule has 0 saturated heterocycles. The predicted octanol–water partition coefficient (Wildman–Crippen LogP) is 4.12. The van der Waals surface area contributed by atoms with Gasteiger partial charge in [-0.3, -0.25) is 9.78 Å².